The van der Waals surface area contributed by atoms with Crippen molar-refractivity contribution >= 4 is 5.91 Å². The van der Waals surface area contributed by atoms with Gasteiger partial charge < -0.3 is 19.7 Å². The van der Waals surface area contributed by atoms with Gasteiger partial charge in [0.1, 0.15) is 5.69 Å². The van der Waals surface area contributed by atoms with E-state index in [1.807, 2.05) is 31.7 Å². The molecule has 1 aromatic heterocycles. The standard InChI is InChI=1S/C17H26N2O3/c1-4-22-14-10-13(20)17(14)5-7-19(8-6-17)16(21)15-11(2)9-12(3)18-15/h9,13-14,18,20H,4-8,10H2,1-3H3. The number of aromatic nitrogens is 1. The van der Waals surface area contributed by atoms with Crippen molar-refractivity contribution in [3.05, 3.63) is 23.0 Å². The highest BCUT2D eigenvalue weighted by Gasteiger charge is 2.56. The Balaban J connectivity index is 1.67. The van der Waals surface area contributed by atoms with Crippen LogP contribution < -0.4 is 0 Å². The Kier molecular flexibility index (Phi) is 4.03. The average molecular weight is 306 g/mol. The molecular weight excluding hydrogens is 280 g/mol. The zero-order valence-electron chi connectivity index (χ0n) is 13.7. The van der Waals surface area contributed by atoms with Crippen molar-refractivity contribution in [3.63, 3.8) is 0 Å². The van der Waals surface area contributed by atoms with Gasteiger partial charge in [-0.1, -0.05) is 0 Å². The molecule has 1 aromatic rings. The number of amides is 1. The van der Waals surface area contributed by atoms with E-state index in [2.05, 4.69) is 4.98 Å². The average Bonchev–Trinajstić information content (AvgIpc) is 2.85. The highest BCUT2D eigenvalue weighted by Crippen LogP contribution is 2.51. The predicted octanol–water partition coefficient (Wildman–Crippen LogP) is 2.02. The molecule has 1 aliphatic heterocycles. The SMILES string of the molecule is CCOC1CC(O)C12CCN(C(=O)c1[nH]c(C)cc1C)CC2. The van der Waals surface area contributed by atoms with Crippen LogP contribution in [0.5, 0.6) is 0 Å². The Hall–Kier alpha value is -1.33. The summed E-state index contributed by atoms with van der Waals surface area (Å²) < 4.78 is 5.77. The molecule has 0 radical (unpaired) electrons. The summed E-state index contributed by atoms with van der Waals surface area (Å²) in [4.78, 5) is 17.7. The van der Waals surface area contributed by atoms with E-state index in [0.717, 1.165) is 30.5 Å². The Labute approximate surface area is 131 Å². The second-order valence-electron chi connectivity index (χ2n) is 6.73. The number of piperidine rings is 1. The van der Waals surface area contributed by atoms with Crippen LogP contribution in [0.4, 0.5) is 0 Å². The summed E-state index contributed by atoms with van der Waals surface area (Å²) in [7, 11) is 0. The van der Waals surface area contributed by atoms with E-state index in [9.17, 15) is 9.90 Å². The van der Waals surface area contributed by atoms with Gasteiger partial charge in [0.2, 0.25) is 0 Å². The molecule has 0 bridgehead atoms. The summed E-state index contributed by atoms with van der Waals surface area (Å²) >= 11 is 0. The van der Waals surface area contributed by atoms with Gasteiger partial charge in [-0.05, 0) is 45.2 Å². The number of aromatic amines is 1. The normalized spacial score (nSPS) is 27.0. The molecule has 2 fully saturated rings. The molecule has 122 valence electrons. The van der Waals surface area contributed by atoms with Crippen molar-refractivity contribution in [3.8, 4) is 0 Å². The molecule has 1 aliphatic carbocycles. The van der Waals surface area contributed by atoms with E-state index in [1.165, 1.54) is 0 Å². The summed E-state index contributed by atoms with van der Waals surface area (Å²) in [6.07, 6.45) is 2.25. The van der Waals surface area contributed by atoms with Crippen molar-refractivity contribution in [2.45, 2.75) is 52.2 Å². The van der Waals surface area contributed by atoms with Gasteiger partial charge in [0.25, 0.3) is 5.91 Å². The van der Waals surface area contributed by atoms with Gasteiger partial charge in [-0.15, -0.1) is 0 Å². The highest BCUT2D eigenvalue weighted by atomic mass is 16.5. The van der Waals surface area contributed by atoms with Crippen LogP contribution in [0, 0.1) is 19.3 Å². The third-order valence-corrected chi connectivity index (χ3v) is 5.46. The van der Waals surface area contributed by atoms with E-state index in [-0.39, 0.29) is 23.5 Å². The fourth-order valence-electron chi connectivity index (χ4n) is 4.05. The van der Waals surface area contributed by atoms with Gasteiger partial charge in [0, 0.05) is 37.2 Å². The number of hydrogen-bond donors (Lipinski definition) is 2. The van der Waals surface area contributed by atoms with Crippen LogP contribution in [0.1, 0.15) is 47.9 Å². The van der Waals surface area contributed by atoms with Crippen molar-refractivity contribution in [1.29, 1.82) is 0 Å². The van der Waals surface area contributed by atoms with Crippen LogP contribution in [0.3, 0.4) is 0 Å². The van der Waals surface area contributed by atoms with Gasteiger partial charge in [0.05, 0.1) is 12.2 Å². The van der Waals surface area contributed by atoms with Gasteiger partial charge in [-0.25, -0.2) is 0 Å². The lowest BCUT2D eigenvalue weighted by atomic mass is 9.58. The quantitative estimate of drug-likeness (QED) is 0.898. The summed E-state index contributed by atoms with van der Waals surface area (Å²) in [5.41, 5.74) is 2.58. The van der Waals surface area contributed by atoms with Gasteiger partial charge in [-0.3, -0.25) is 4.79 Å². The van der Waals surface area contributed by atoms with Crippen molar-refractivity contribution in [2.75, 3.05) is 19.7 Å². The number of carbonyl (C=O) groups is 1. The first-order valence-corrected chi connectivity index (χ1v) is 8.23. The maximum absolute atomic E-state index is 12.6. The maximum Gasteiger partial charge on any atom is 0.270 e. The zero-order chi connectivity index (χ0) is 15.9. The number of nitrogens with one attached hydrogen (secondary N) is 1. The highest BCUT2D eigenvalue weighted by molar-refractivity contribution is 5.94. The molecule has 1 saturated heterocycles. The van der Waals surface area contributed by atoms with Crippen molar-refractivity contribution < 1.29 is 14.6 Å². The maximum atomic E-state index is 12.6. The Morgan fingerprint density at radius 1 is 1.45 bits per heavy atom. The first-order chi connectivity index (χ1) is 10.5. The Morgan fingerprint density at radius 2 is 2.14 bits per heavy atom. The van der Waals surface area contributed by atoms with Crippen molar-refractivity contribution in [1.82, 2.24) is 9.88 Å². The fraction of sp³-hybridized carbons (Fsp3) is 0.706. The molecular formula is C17H26N2O3. The minimum atomic E-state index is -0.282. The number of hydrogen-bond acceptors (Lipinski definition) is 3. The van der Waals surface area contributed by atoms with E-state index in [4.69, 9.17) is 4.74 Å². The van der Waals surface area contributed by atoms with E-state index in [0.29, 0.717) is 25.4 Å². The number of H-pyrrole nitrogens is 1. The van der Waals surface area contributed by atoms with Crippen LogP contribution >= 0.6 is 0 Å². The molecule has 1 amide bonds. The van der Waals surface area contributed by atoms with E-state index in [1.54, 1.807) is 0 Å². The molecule has 2 atom stereocenters. The zero-order valence-corrected chi connectivity index (χ0v) is 13.7. The lowest BCUT2D eigenvalue weighted by Crippen LogP contribution is -2.62. The minimum absolute atomic E-state index is 0.0715. The van der Waals surface area contributed by atoms with Crippen LogP contribution in [0.2, 0.25) is 0 Å². The van der Waals surface area contributed by atoms with Crippen molar-refractivity contribution in [2.24, 2.45) is 5.41 Å². The van der Waals surface area contributed by atoms with Crippen LogP contribution in [0.25, 0.3) is 0 Å². The summed E-state index contributed by atoms with van der Waals surface area (Å²) in [6, 6.07) is 2.00. The van der Waals surface area contributed by atoms with E-state index < -0.39 is 0 Å². The molecule has 0 aromatic carbocycles. The number of ether oxygens (including phenoxy) is 1. The molecule has 22 heavy (non-hydrogen) atoms. The fourth-order valence-corrected chi connectivity index (χ4v) is 4.05. The summed E-state index contributed by atoms with van der Waals surface area (Å²) in [5.74, 6) is 0.0715. The van der Waals surface area contributed by atoms with Crippen LogP contribution in [-0.2, 0) is 4.74 Å². The molecule has 2 heterocycles. The largest absolute Gasteiger partial charge is 0.392 e. The van der Waals surface area contributed by atoms with Gasteiger partial charge in [0.15, 0.2) is 0 Å². The first-order valence-electron chi connectivity index (χ1n) is 8.23. The predicted molar refractivity (Wildman–Crippen MR) is 83.9 cm³/mol. The molecule has 1 spiro atoms. The minimum Gasteiger partial charge on any atom is -0.392 e. The second-order valence-corrected chi connectivity index (χ2v) is 6.73. The van der Waals surface area contributed by atoms with E-state index >= 15 is 0 Å². The lowest BCUT2D eigenvalue weighted by Gasteiger charge is -2.56. The monoisotopic (exact) mass is 306 g/mol. The van der Waals surface area contributed by atoms with Crippen LogP contribution in [0.15, 0.2) is 6.07 Å². The Bertz CT molecular complexity index is 556. The molecule has 2 N–H and O–H groups in total. The number of likely N-dealkylation sites (tertiary alicyclic amines) is 1. The van der Waals surface area contributed by atoms with Gasteiger partial charge >= 0.3 is 0 Å². The molecule has 2 unspecified atom stereocenters. The third kappa shape index (κ3) is 2.36. The molecule has 1 saturated carbocycles. The smallest absolute Gasteiger partial charge is 0.270 e. The summed E-state index contributed by atoms with van der Waals surface area (Å²) in [5, 5.41) is 10.2. The lowest BCUT2D eigenvalue weighted by molar-refractivity contribution is -0.207. The number of nitrogens with zero attached hydrogens (tertiary/aromatic N) is 1. The number of aliphatic hydroxyl groups is 1. The number of aliphatic hydroxyl groups excluding tert-OH is 1. The molecule has 3 rings (SSSR count). The van der Waals surface area contributed by atoms with Gasteiger partial charge in [-0.2, -0.15) is 0 Å². The Morgan fingerprint density at radius 3 is 2.64 bits per heavy atom. The first kappa shape index (κ1) is 15.6. The second kappa shape index (κ2) is 5.70. The molecule has 5 heteroatoms. The summed E-state index contributed by atoms with van der Waals surface area (Å²) in [6.45, 7) is 7.99. The number of aryl methyl sites for hydroxylation is 2. The topological polar surface area (TPSA) is 65.6 Å². The third-order valence-electron chi connectivity index (χ3n) is 5.46. The van der Waals surface area contributed by atoms with Crippen LogP contribution in [-0.4, -0.2) is 52.8 Å². The number of rotatable bonds is 3. The number of carbonyl (C=O) groups excluding carboxylic acids is 1. The molecule has 2 aliphatic rings. The molecule has 5 nitrogen and oxygen atoms in total.